The quantitative estimate of drug-likeness (QED) is 0.745. The zero-order chi connectivity index (χ0) is 15.5. The molecule has 21 heavy (non-hydrogen) atoms. The highest BCUT2D eigenvalue weighted by Crippen LogP contribution is 2.24. The Morgan fingerprint density at radius 1 is 1.24 bits per heavy atom. The molecule has 1 heterocycles. The first kappa shape index (κ1) is 15.6. The molecular weight excluding hydrogens is 314 g/mol. The second kappa shape index (κ2) is 6.35. The van der Waals surface area contributed by atoms with Gasteiger partial charge < -0.3 is 10.2 Å². The standard InChI is InChI=1S/C13H13NO5S2/c15-8-10(9-4-2-1-3-5-9)14-21(18,19)11-6-7-20-12(11)13(16)17/h1-7,10,14-15H,8H2,(H,16,17)/t10-/m1/s1. The molecule has 1 atom stereocenters. The first-order valence-corrected chi connectivity index (χ1v) is 8.31. The van der Waals surface area contributed by atoms with Gasteiger partial charge >= 0.3 is 5.97 Å². The van der Waals surface area contributed by atoms with Crippen LogP contribution in [0.15, 0.2) is 46.7 Å². The van der Waals surface area contributed by atoms with Gasteiger partial charge in [0.2, 0.25) is 10.0 Å². The summed E-state index contributed by atoms with van der Waals surface area (Å²) in [7, 11) is -4.03. The number of benzene rings is 1. The molecular formula is C13H13NO5S2. The summed E-state index contributed by atoms with van der Waals surface area (Å²) >= 11 is 0.834. The van der Waals surface area contributed by atoms with E-state index in [9.17, 15) is 18.3 Å². The van der Waals surface area contributed by atoms with Crippen LogP contribution in [0, 0.1) is 0 Å². The lowest BCUT2D eigenvalue weighted by Gasteiger charge is -2.16. The van der Waals surface area contributed by atoms with Crippen LogP contribution in [-0.2, 0) is 10.0 Å². The topological polar surface area (TPSA) is 104 Å². The SMILES string of the molecule is O=C(O)c1sccc1S(=O)(=O)N[C@H](CO)c1ccccc1. The van der Waals surface area contributed by atoms with Gasteiger partial charge in [-0.2, -0.15) is 0 Å². The molecule has 0 aliphatic carbocycles. The molecule has 8 heteroatoms. The molecule has 0 aliphatic heterocycles. The molecule has 0 aliphatic rings. The van der Waals surface area contributed by atoms with Crippen molar-refractivity contribution in [3.8, 4) is 0 Å². The number of aliphatic hydroxyl groups excluding tert-OH is 1. The second-order valence-electron chi connectivity index (χ2n) is 4.19. The van der Waals surface area contributed by atoms with Crippen LogP contribution >= 0.6 is 11.3 Å². The average molecular weight is 327 g/mol. The molecule has 1 aromatic carbocycles. The van der Waals surface area contributed by atoms with Crippen LogP contribution < -0.4 is 4.72 Å². The fourth-order valence-electron chi connectivity index (χ4n) is 1.81. The molecule has 112 valence electrons. The van der Waals surface area contributed by atoms with Crippen LogP contribution in [0.4, 0.5) is 0 Å². The minimum absolute atomic E-state index is 0.257. The minimum atomic E-state index is -4.03. The smallest absolute Gasteiger partial charge is 0.347 e. The molecule has 2 aromatic rings. The normalized spacial score (nSPS) is 13.0. The number of nitrogens with one attached hydrogen (secondary N) is 1. The van der Waals surface area contributed by atoms with E-state index in [1.165, 1.54) is 11.4 Å². The highest BCUT2D eigenvalue weighted by atomic mass is 32.2. The maximum absolute atomic E-state index is 12.3. The number of hydrogen-bond donors (Lipinski definition) is 3. The van der Waals surface area contributed by atoms with Crippen LogP contribution in [0.25, 0.3) is 0 Å². The van der Waals surface area contributed by atoms with Gasteiger partial charge in [0.25, 0.3) is 0 Å². The molecule has 3 N–H and O–H groups in total. The van der Waals surface area contributed by atoms with E-state index in [2.05, 4.69) is 4.72 Å². The summed E-state index contributed by atoms with van der Waals surface area (Å²) < 4.78 is 26.9. The Labute approximate surface area is 125 Å². The Balaban J connectivity index is 2.32. The maximum Gasteiger partial charge on any atom is 0.347 e. The second-order valence-corrected chi connectivity index (χ2v) is 6.78. The van der Waals surface area contributed by atoms with Crippen molar-refractivity contribution < 1.29 is 23.4 Å². The minimum Gasteiger partial charge on any atom is -0.477 e. The Kier molecular flexibility index (Phi) is 4.73. The molecule has 0 unspecified atom stereocenters. The molecule has 1 aromatic heterocycles. The van der Waals surface area contributed by atoms with Crippen LogP contribution in [0.3, 0.4) is 0 Å². The zero-order valence-corrected chi connectivity index (χ0v) is 12.4. The van der Waals surface area contributed by atoms with E-state index in [1.54, 1.807) is 30.3 Å². The van der Waals surface area contributed by atoms with Gasteiger partial charge in [0, 0.05) is 0 Å². The molecule has 6 nitrogen and oxygen atoms in total. The summed E-state index contributed by atoms with van der Waals surface area (Å²) in [5.74, 6) is -1.30. The van der Waals surface area contributed by atoms with Crippen molar-refractivity contribution in [2.45, 2.75) is 10.9 Å². The van der Waals surface area contributed by atoms with Crippen molar-refractivity contribution in [3.05, 3.63) is 52.2 Å². The molecule has 0 saturated heterocycles. The van der Waals surface area contributed by atoms with Gasteiger partial charge in [-0.3, -0.25) is 0 Å². The lowest BCUT2D eigenvalue weighted by atomic mass is 10.1. The summed E-state index contributed by atoms with van der Waals surface area (Å²) in [6, 6.07) is 8.96. The maximum atomic E-state index is 12.3. The van der Waals surface area contributed by atoms with E-state index < -0.39 is 28.6 Å². The fraction of sp³-hybridized carbons (Fsp3) is 0.154. The number of carboxylic acids is 1. The Hall–Kier alpha value is -1.74. The lowest BCUT2D eigenvalue weighted by molar-refractivity contribution is 0.0698. The Morgan fingerprint density at radius 3 is 2.48 bits per heavy atom. The van der Waals surface area contributed by atoms with Crippen molar-refractivity contribution in [3.63, 3.8) is 0 Å². The third-order valence-corrected chi connectivity index (χ3v) is 5.34. The van der Waals surface area contributed by atoms with E-state index >= 15 is 0 Å². The van der Waals surface area contributed by atoms with Crippen LogP contribution in [0.2, 0.25) is 0 Å². The summed E-state index contributed by atoms with van der Waals surface area (Å²) in [5.41, 5.74) is 0.593. The van der Waals surface area contributed by atoms with Gasteiger partial charge in [0.1, 0.15) is 9.77 Å². The Morgan fingerprint density at radius 2 is 1.90 bits per heavy atom. The highest BCUT2D eigenvalue weighted by Gasteiger charge is 2.26. The molecule has 0 saturated carbocycles. The van der Waals surface area contributed by atoms with Crippen molar-refractivity contribution in [1.82, 2.24) is 4.72 Å². The van der Waals surface area contributed by atoms with Gasteiger partial charge in [-0.15, -0.1) is 11.3 Å². The zero-order valence-electron chi connectivity index (χ0n) is 10.8. The summed E-state index contributed by atoms with van der Waals surface area (Å²) in [6.07, 6.45) is 0. The first-order valence-electron chi connectivity index (χ1n) is 5.94. The Bertz CT molecular complexity index is 724. The van der Waals surface area contributed by atoms with Crippen LogP contribution in [-0.4, -0.2) is 31.2 Å². The summed E-state index contributed by atoms with van der Waals surface area (Å²) in [4.78, 5) is 10.5. The summed E-state index contributed by atoms with van der Waals surface area (Å²) in [6.45, 7) is -0.435. The molecule has 0 amide bonds. The third-order valence-electron chi connectivity index (χ3n) is 2.79. The van der Waals surface area contributed by atoms with Crippen molar-refractivity contribution >= 4 is 27.3 Å². The third kappa shape index (κ3) is 3.48. The largest absolute Gasteiger partial charge is 0.477 e. The lowest BCUT2D eigenvalue weighted by Crippen LogP contribution is -2.31. The summed E-state index contributed by atoms with van der Waals surface area (Å²) in [5, 5.41) is 19.8. The number of thiophene rings is 1. The van der Waals surface area contributed by atoms with Gasteiger partial charge in [0.05, 0.1) is 12.6 Å². The number of carbonyl (C=O) groups is 1. The molecule has 0 spiro atoms. The molecule has 0 fully saturated rings. The average Bonchev–Trinajstić information content (AvgIpc) is 2.96. The van der Waals surface area contributed by atoms with E-state index in [4.69, 9.17) is 5.11 Å². The van der Waals surface area contributed by atoms with Crippen LogP contribution in [0.1, 0.15) is 21.3 Å². The van der Waals surface area contributed by atoms with Crippen molar-refractivity contribution in [1.29, 1.82) is 0 Å². The number of carboxylic acid groups (broad SMARTS) is 1. The van der Waals surface area contributed by atoms with Crippen molar-refractivity contribution in [2.75, 3.05) is 6.61 Å². The number of rotatable bonds is 6. The molecule has 2 rings (SSSR count). The fourth-order valence-corrected chi connectivity index (χ4v) is 4.29. The van der Waals surface area contributed by atoms with Gasteiger partial charge in [-0.25, -0.2) is 17.9 Å². The predicted octanol–water partition coefficient (Wildman–Crippen LogP) is 1.46. The van der Waals surface area contributed by atoms with Gasteiger partial charge in [0.15, 0.2) is 0 Å². The highest BCUT2D eigenvalue weighted by molar-refractivity contribution is 7.89. The van der Waals surface area contributed by atoms with E-state index in [0.29, 0.717) is 5.56 Å². The van der Waals surface area contributed by atoms with Gasteiger partial charge in [-0.1, -0.05) is 30.3 Å². The number of aromatic carboxylic acids is 1. The van der Waals surface area contributed by atoms with Crippen molar-refractivity contribution in [2.24, 2.45) is 0 Å². The van der Waals surface area contributed by atoms with Gasteiger partial charge in [-0.05, 0) is 17.0 Å². The number of sulfonamides is 1. The van der Waals surface area contributed by atoms with E-state index in [0.717, 1.165) is 11.3 Å². The molecule has 0 radical (unpaired) electrons. The number of aliphatic hydroxyl groups is 1. The van der Waals surface area contributed by atoms with E-state index in [-0.39, 0.29) is 9.77 Å². The van der Waals surface area contributed by atoms with Crippen LogP contribution in [0.5, 0.6) is 0 Å². The first-order chi connectivity index (χ1) is 9.95. The number of hydrogen-bond acceptors (Lipinski definition) is 5. The molecule has 0 bridgehead atoms. The van der Waals surface area contributed by atoms with E-state index in [1.807, 2.05) is 0 Å². The monoisotopic (exact) mass is 327 g/mol. The predicted molar refractivity (Wildman–Crippen MR) is 77.9 cm³/mol.